The van der Waals surface area contributed by atoms with Gasteiger partial charge in [0.25, 0.3) is 5.91 Å². The van der Waals surface area contributed by atoms with Crippen molar-refractivity contribution in [3.05, 3.63) is 77.7 Å². The lowest BCUT2D eigenvalue weighted by molar-refractivity contribution is 0.102. The van der Waals surface area contributed by atoms with Crippen LogP contribution in [0.25, 0.3) is 10.9 Å². The molecule has 156 valence electrons. The molecule has 0 radical (unpaired) electrons. The van der Waals surface area contributed by atoms with E-state index in [1.165, 1.54) is 5.56 Å². The van der Waals surface area contributed by atoms with E-state index in [2.05, 4.69) is 55.8 Å². The Kier molecular flexibility index (Phi) is 6.05. The third kappa shape index (κ3) is 4.97. The highest BCUT2D eigenvalue weighted by Gasteiger charge is 2.14. The molecule has 2 aromatic heterocycles. The number of aromatic nitrogens is 4. The van der Waals surface area contributed by atoms with E-state index in [1.54, 1.807) is 17.1 Å². The maximum absolute atomic E-state index is 12.6. The Morgan fingerprint density at radius 3 is 2.77 bits per heavy atom. The number of rotatable bonds is 8. The Bertz CT molecular complexity index is 1220. The van der Waals surface area contributed by atoms with Crippen LogP contribution in [-0.4, -0.2) is 44.4 Å². The average molecular weight is 413 g/mol. The molecular weight excluding hydrogens is 390 g/mol. The first-order valence-electron chi connectivity index (χ1n) is 10.0. The summed E-state index contributed by atoms with van der Waals surface area (Å²) >= 11 is 0. The lowest BCUT2D eigenvalue weighted by Crippen LogP contribution is -2.18. The predicted molar refractivity (Wildman–Crippen MR) is 118 cm³/mol. The molecule has 8 heteroatoms. The van der Waals surface area contributed by atoms with Crippen molar-refractivity contribution in [2.75, 3.05) is 18.9 Å². The van der Waals surface area contributed by atoms with Crippen LogP contribution in [0.3, 0.4) is 0 Å². The van der Waals surface area contributed by atoms with Crippen molar-refractivity contribution in [3.8, 4) is 6.07 Å². The van der Waals surface area contributed by atoms with Crippen molar-refractivity contribution in [2.24, 2.45) is 0 Å². The fourth-order valence-electron chi connectivity index (χ4n) is 3.41. The van der Waals surface area contributed by atoms with E-state index < -0.39 is 0 Å². The number of carbonyl (C=O) groups is 1. The smallest absolute Gasteiger partial charge is 0.276 e. The fourth-order valence-corrected chi connectivity index (χ4v) is 3.41. The molecule has 0 aliphatic carbocycles. The largest absolute Gasteiger partial charge is 0.318 e. The Labute approximate surface area is 180 Å². The standard InChI is InChI=1S/C23H23N7O/c1-29(12-4-11-24)14-17-7-9-18(10-8-17)15-30-16-19(13-25-30)26-23(31)22-20-5-2-3-6-21(20)27-28-22/h2-3,5-10,13,16H,4,12,14-15H2,1H3,(H,26,31)(H,27,28). The van der Waals surface area contributed by atoms with E-state index >= 15 is 0 Å². The van der Waals surface area contributed by atoms with Crippen LogP contribution < -0.4 is 5.32 Å². The lowest BCUT2D eigenvalue weighted by atomic mass is 10.1. The monoisotopic (exact) mass is 413 g/mol. The summed E-state index contributed by atoms with van der Waals surface area (Å²) in [5, 5.41) is 23.7. The molecule has 0 aliphatic heterocycles. The van der Waals surface area contributed by atoms with Gasteiger partial charge in [-0.15, -0.1) is 0 Å². The zero-order valence-electron chi connectivity index (χ0n) is 17.2. The van der Waals surface area contributed by atoms with Gasteiger partial charge in [0.15, 0.2) is 5.69 Å². The van der Waals surface area contributed by atoms with Crippen molar-refractivity contribution in [1.29, 1.82) is 5.26 Å². The van der Waals surface area contributed by atoms with Crippen LogP contribution in [0.2, 0.25) is 0 Å². The first-order chi connectivity index (χ1) is 15.1. The minimum Gasteiger partial charge on any atom is -0.318 e. The third-order valence-corrected chi connectivity index (χ3v) is 5.00. The van der Waals surface area contributed by atoms with Gasteiger partial charge in [-0.25, -0.2) is 0 Å². The number of hydrogen-bond donors (Lipinski definition) is 2. The molecule has 0 saturated carbocycles. The fraction of sp³-hybridized carbons (Fsp3) is 0.217. The normalized spacial score (nSPS) is 11.0. The first kappa shape index (κ1) is 20.3. The van der Waals surface area contributed by atoms with Crippen LogP contribution >= 0.6 is 0 Å². The SMILES string of the molecule is CN(CCC#N)Cc1ccc(Cn2cc(NC(=O)c3n[nH]c4ccccc34)cn2)cc1. The number of amides is 1. The summed E-state index contributed by atoms with van der Waals surface area (Å²) in [6.45, 7) is 2.17. The number of H-pyrrole nitrogens is 1. The molecule has 31 heavy (non-hydrogen) atoms. The molecule has 4 aromatic rings. The second-order valence-corrected chi connectivity index (χ2v) is 7.46. The Hall–Kier alpha value is -3.96. The summed E-state index contributed by atoms with van der Waals surface area (Å²) in [5.74, 6) is -0.276. The van der Waals surface area contributed by atoms with Gasteiger partial charge in [0, 0.05) is 31.1 Å². The van der Waals surface area contributed by atoms with Crippen molar-refractivity contribution in [2.45, 2.75) is 19.5 Å². The predicted octanol–water partition coefficient (Wildman–Crippen LogP) is 3.41. The minimum atomic E-state index is -0.276. The lowest BCUT2D eigenvalue weighted by Gasteiger charge is -2.15. The van der Waals surface area contributed by atoms with E-state index in [1.807, 2.05) is 31.3 Å². The topological polar surface area (TPSA) is 103 Å². The van der Waals surface area contributed by atoms with E-state index in [9.17, 15) is 4.79 Å². The minimum absolute atomic E-state index is 0.276. The maximum atomic E-state index is 12.6. The number of fused-ring (bicyclic) bond motifs is 1. The Morgan fingerprint density at radius 1 is 1.19 bits per heavy atom. The maximum Gasteiger partial charge on any atom is 0.276 e. The summed E-state index contributed by atoms with van der Waals surface area (Å²) < 4.78 is 1.78. The summed E-state index contributed by atoms with van der Waals surface area (Å²) in [6.07, 6.45) is 3.96. The highest BCUT2D eigenvalue weighted by atomic mass is 16.2. The van der Waals surface area contributed by atoms with E-state index in [-0.39, 0.29) is 5.91 Å². The summed E-state index contributed by atoms with van der Waals surface area (Å²) in [4.78, 5) is 14.7. The highest BCUT2D eigenvalue weighted by molar-refractivity contribution is 6.10. The zero-order chi connectivity index (χ0) is 21.6. The molecule has 0 aliphatic rings. The number of nitrogens with zero attached hydrogens (tertiary/aromatic N) is 5. The van der Waals surface area contributed by atoms with Crippen molar-refractivity contribution in [1.82, 2.24) is 24.9 Å². The molecule has 1 amide bonds. The number of para-hydroxylation sites is 1. The van der Waals surface area contributed by atoms with Gasteiger partial charge in [-0.2, -0.15) is 15.5 Å². The van der Waals surface area contributed by atoms with Gasteiger partial charge in [-0.1, -0.05) is 42.5 Å². The number of aromatic amines is 1. The summed E-state index contributed by atoms with van der Waals surface area (Å²) in [5.41, 5.74) is 4.11. The third-order valence-electron chi connectivity index (χ3n) is 5.00. The van der Waals surface area contributed by atoms with Gasteiger partial charge < -0.3 is 10.2 Å². The first-order valence-corrected chi connectivity index (χ1v) is 10.0. The summed E-state index contributed by atoms with van der Waals surface area (Å²) in [6, 6.07) is 18.0. The van der Waals surface area contributed by atoms with Crippen LogP contribution in [0.5, 0.6) is 0 Å². The van der Waals surface area contributed by atoms with Crippen LogP contribution in [0.15, 0.2) is 60.9 Å². The molecule has 4 rings (SSSR count). The molecule has 2 aromatic carbocycles. The van der Waals surface area contributed by atoms with E-state index in [4.69, 9.17) is 5.26 Å². The molecule has 0 atom stereocenters. The van der Waals surface area contributed by atoms with E-state index in [0.717, 1.165) is 29.6 Å². The molecule has 0 saturated heterocycles. The van der Waals surface area contributed by atoms with Crippen molar-refractivity contribution in [3.63, 3.8) is 0 Å². The van der Waals surface area contributed by atoms with Crippen LogP contribution in [0, 0.1) is 11.3 Å². The molecule has 0 unspecified atom stereocenters. The Balaban J connectivity index is 1.36. The molecule has 2 N–H and O–H groups in total. The number of nitrogens with one attached hydrogen (secondary N) is 2. The zero-order valence-corrected chi connectivity index (χ0v) is 17.2. The second-order valence-electron chi connectivity index (χ2n) is 7.46. The molecule has 0 fully saturated rings. The van der Waals surface area contributed by atoms with Gasteiger partial charge in [-0.3, -0.25) is 14.6 Å². The van der Waals surface area contributed by atoms with Gasteiger partial charge in [0.05, 0.1) is 30.0 Å². The highest BCUT2D eigenvalue weighted by Crippen LogP contribution is 2.17. The van der Waals surface area contributed by atoms with Crippen LogP contribution in [-0.2, 0) is 13.1 Å². The van der Waals surface area contributed by atoms with Gasteiger partial charge in [0.1, 0.15) is 0 Å². The van der Waals surface area contributed by atoms with Crippen LogP contribution in [0.4, 0.5) is 5.69 Å². The second kappa shape index (κ2) is 9.24. The number of carbonyl (C=O) groups excluding carboxylic acids is 1. The molecule has 8 nitrogen and oxygen atoms in total. The average Bonchev–Trinajstić information content (AvgIpc) is 3.40. The molecule has 0 spiro atoms. The number of benzene rings is 2. The van der Waals surface area contributed by atoms with Crippen molar-refractivity contribution >= 4 is 22.5 Å². The number of hydrogen-bond acceptors (Lipinski definition) is 5. The Morgan fingerprint density at radius 2 is 1.97 bits per heavy atom. The number of anilines is 1. The van der Waals surface area contributed by atoms with Crippen LogP contribution in [0.1, 0.15) is 28.0 Å². The van der Waals surface area contributed by atoms with E-state index in [0.29, 0.717) is 24.3 Å². The molecule has 0 bridgehead atoms. The quantitative estimate of drug-likeness (QED) is 0.461. The molecular formula is C23H23N7O. The van der Waals surface area contributed by atoms with Gasteiger partial charge >= 0.3 is 0 Å². The summed E-state index contributed by atoms with van der Waals surface area (Å²) in [7, 11) is 2.01. The molecule has 2 heterocycles. The van der Waals surface area contributed by atoms with Crippen molar-refractivity contribution < 1.29 is 4.79 Å². The van der Waals surface area contributed by atoms with Gasteiger partial charge in [0.2, 0.25) is 0 Å². The number of nitriles is 1. The van der Waals surface area contributed by atoms with Gasteiger partial charge in [-0.05, 0) is 24.2 Å².